The number of aryl methyl sites for hydroxylation is 1. The molecule has 0 heterocycles. The van der Waals surface area contributed by atoms with Crippen LogP contribution in [0.5, 0.6) is 0 Å². The zero-order chi connectivity index (χ0) is 19.4. The van der Waals surface area contributed by atoms with Crippen LogP contribution in [0.15, 0.2) is 98.8 Å². The van der Waals surface area contributed by atoms with E-state index in [1.54, 1.807) is 0 Å². The van der Waals surface area contributed by atoms with Crippen LogP contribution in [-0.4, -0.2) is 9.32 Å². The number of aliphatic hydroxyl groups is 1. The van der Waals surface area contributed by atoms with E-state index in [1.807, 2.05) is 85.8 Å². The second-order valence-corrected chi connectivity index (χ2v) is 9.25. The first-order chi connectivity index (χ1) is 12.9. The molecule has 0 bridgehead atoms. The maximum Gasteiger partial charge on any atom is 0.124 e. The summed E-state index contributed by atoms with van der Waals surface area (Å²) in [5.41, 5.74) is 1.53. The molecule has 0 saturated carbocycles. The molecule has 4 heteroatoms. The maximum absolute atomic E-state index is 13.2. The highest BCUT2D eigenvalue weighted by Gasteiger charge is 2.33. The summed E-state index contributed by atoms with van der Waals surface area (Å²) in [7, 11) is -1.31. The number of hydrogen-bond donors (Lipinski definition) is 1. The zero-order valence-electron chi connectivity index (χ0n) is 15.1. The van der Waals surface area contributed by atoms with Gasteiger partial charge in [-0.2, -0.15) is 0 Å². The minimum atomic E-state index is -1.31. The highest BCUT2D eigenvalue weighted by molar-refractivity contribution is 14.1. The van der Waals surface area contributed by atoms with Crippen molar-refractivity contribution in [1.29, 1.82) is 0 Å². The molecule has 3 aromatic rings. The maximum atomic E-state index is 13.2. The van der Waals surface area contributed by atoms with E-state index in [0.717, 1.165) is 21.6 Å². The molecule has 2 nitrogen and oxygen atoms in total. The predicted molar refractivity (Wildman–Crippen MR) is 119 cm³/mol. The van der Waals surface area contributed by atoms with Crippen molar-refractivity contribution in [3.8, 4) is 0 Å². The molecule has 138 valence electrons. The summed E-state index contributed by atoms with van der Waals surface area (Å²) in [6.07, 6.45) is 0.312. The largest absolute Gasteiger partial charge is 0.380 e. The van der Waals surface area contributed by atoms with E-state index in [4.69, 9.17) is 0 Å². The summed E-state index contributed by atoms with van der Waals surface area (Å²) in [6.45, 7) is 6.01. The summed E-state index contributed by atoms with van der Waals surface area (Å²) < 4.78 is 13.8. The van der Waals surface area contributed by atoms with Gasteiger partial charge in [0.1, 0.15) is 5.60 Å². The van der Waals surface area contributed by atoms with Gasteiger partial charge in [-0.15, -0.1) is 0 Å². The summed E-state index contributed by atoms with van der Waals surface area (Å²) in [5.74, 6) is 0. The molecule has 0 spiro atoms. The van der Waals surface area contributed by atoms with Crippen LogP contribution in [0.2, 0.25) is 0 Å². The summed E-state index contributed by atoms with van der Waals surface area (Å²) in [4.78, 5) is 1.47. The third-order valence-electron chi connectivity index (χ3n) is 4.55. The number of halogens is 1. The van der Waals surface area contributed by atoms with Crippen molar-refractivity contribution in [3.05, 3.63) is 106 Å². The Morgan fingerprint density at radius 1 is 1.00 bits per heavy atom. The Hall–Kier alpha value is -1.76. The molecular weight excluding hydrogens is 467 g/mol. The van der Waals surface area contributed by atoms with Crippen molar-refractivity contribution in [1.82, 2.24) is 0 Å². The smallest absolute Gasteiger partial charge is 0.124 e. The molecule has 0 saturated heterocycles. The fourth-order valence-corrected chi connectivity index (χ4v) is 4.68. The molecule has 1 unspecified atom stereocenters. The Morgan fingerprint density at radius 3 is 2.22 bits per heavy atom. The molecule has 3 rings (SSSR count). The van der Waals surface area contributed by atoms with Gasteiger partial charge in [-0.05, 0) is 58.8 Å². The van der Waals surface area contributed by atoms with E-state index in [-0.39, 0.29) is 0 Å². The molecule has 0 aliphatic rings. The van der Waals surface area contributed by atoms with E-state index >= 15 is 0 Å². The van der Waals surface area contributed by atoms with Crippen LogP contribution in [0.4, 0.5) is 0 Å². The van der Waals surface area contributed by atoms with E-state index in [1.165, 1.54) is 0 Å². The van der Waals surface area contributed by atoms with Gasteiger partial charge in [0.15, 0.2) is 0 Å². The minimum Gasteiger partial charge on any atom is -0.380 e. The Kier molecular flexibility index (Phi) is 6.29. The molecule has 27 heavy (non-hydrogen) atoms. The van der Waals surface area contributed by atoms with Crippen LogP contribution in [0.25, 0.3) is 0 Å². The van der Waals surface area contributed by atoms with E-state index in [9.17, 15) is 9.32 Å². The molecule has 0 aromatic heterocycles. The van der Waals surface area contributed by atoms with Gasteiger partial charge in [-0.3, -0.25) is 0 Å². The average molecular weight is 488 g/mol. The second kappa shape index (κ2) is 8.50. The minimum absolute atomic E-state index is 0.312. The summed E-state index contributed by atoms with van der Waals surface area (Å²) >= 11 is 2.08. The third-order valence-corrected chi connectivity index (χ3v) is 6.94. The first-order valence-electron chi connectivity index (χ1n) is 8.61. The first kappa shape index (κ1) is 20.0. The van der Waals surface area contributed by atoms with E-state index in [2.05, 4.69) is 29.2 Å². The highest BCUT2D eigenvalue weighted by Crippen LogP contribution is 2.37. The monoisotopic (exact) mass is 488 g/mol. The van der Waals surface area contributed by atoms with Crippen molar-refractivity contribution in [3.63, 3.8) is 0 Å². The van der Waals surface area contributed by atoms with Gasteiger partial charge in [0.05, 0.1) is 10.8 Å². The third kappa shape index (κ3) is 4.39. The molecule has 2 atom stereocenters. The number of rotatable bonds is 6. The van der Waals surface area contributed by atoms with Gasteiger partial charge in [0.25, 0.3) is 0 Å². The van der Waals surface area contributed by atoms with Crippen molar-refractivity contribution in [2.75, 3.05) is 0 Å². The second-order valence-electron chi connectivity index (χ2n) is 6.50. The molecule has 1 N–H and O–H groups in total. The Bertz CT molecular complexity index is 967. The standard InChI is InChI=1S/C23H21IO2S/c1-17-12-14-21(15-13-17)27(26)22-11-7-6-8-19(22)16-23(25,18(2)24)20-9-4-3-5-10-20/h3-15,25H,2,16H2,1H3/t23-,27?/m1/s1. The van der Waals surface area contributed by atoms with Crippen molar-refractivity contribution in [2.24, 2.45) is 0 Å². The van der Waals surface area contributed by atoms with Gasteiger partial charge < -0.3 is 5.11 Å². The van der Waals surface area contributed by atoms with E-state index in [0.29, 0.717) is 14.9 Å². The molecule has 0 aliphatic heterocycles. The number of hydrogen-bond acceptors (Lipinski definition) is 2. The molecule has 3 aromatic carbocycles. The lowest BCUT2D eigenvalue weighted by atomic mass is 9.87. The Labute approximate surface area is 176 Å². The zero-order valence-corrected chi connectivity index (χ0v) is 18.0. The summed E-state index contributed by atoms with van der Waals surface area (Å²) in [6, 6.07) is 24.8. The Balaban J connectivity index is 2.01. The van der Waals surface area contributed by atoms with Gasteiger partial charge in [0.2, 0.25) is 0 Å². The molecule has 0 radical (unpaired) electrons. The highest BCUT2D eigenvalue weighted by atomic mass is 127. The lowest BCUT2D eigenvalue weighted by Gasteiger charge is -2.29. The lowest BCUT2D eigenvalue weighted by molar-refractivity contribution is 0.0875. The van der Waals surface area contributed by atoms with Crippen LogP contribution >= 0.6 is 22.6 Å². The van der Waals surface area contributed by atoms with Crippen molar-refractivity contribution >= 4 is 33.4 Å². The number of benzene rings is 3. The Morgan fingerprint density at radius 2 is 1.59 bits per heavy atom. The normalized spacial score (nSPS) is 14.3. The fraction of sp³-hybridized carbons (Fsp3) is 0.130. The molecular formula is C23H21IO2S. The SMILES string of the molecule is C=C(I)[C@](O)(Cc1ccccc1S(=O)c1ccc(C)cc1)c1ccccc1. The first-order valence-corrected chi connectivity index (χ1v) is 10.8. The van der Waals surface area contributed by atoms with Crippen LogP contribution in [0, 0.1) is 6.92 Å². The topological polar surface area (TPSA) is 37.3 Å². The van der Waals surface area contributed by atoms with Gasteiger partial charge in [0, 0.05) is 19.8 Å². The van der Waals surface area contributed by atoms with Crippen LogP contribution in [-0.2, 0) is 22.8 Å². The molecule has 0 aliphatic carbocycles. The van der Waals surface area contributed by atoms with Crippen LogP contribution < -0.4 is 0 Å². The van der Waals surface area contributed by atoms with Gasteiger partial charge >= 0.3 is 0 Å². The van der Waals surface area contributed by atoms with Crippen LogP contribution in [0.1, 0.15) is 16.7 Å². The van der Waals surface area contributed by atoms with Crippen LogP contribution in [0.3, 0.4) is 0 Å². The quantitative estimate of drug-likeness (QED) is 0.463. The van der Waals surface area contributed by atoms with E-state index < -0.39 is 16.4 Å². The lowest BCUT2D eigenvalue weighted by Crippen LogP contribution is -2.29. The van der Waals surface area contributed by atoms with Gasteiger partial charge in [-0.1, -0.05) is 72.8 Å². The molecule has 0 fully saturated rings. The average Bonchev–Trinajstić information content (AvgIpc) is 2.69. The van der Waals surface area contributed by atoms with Crippen molar-refractivity contribution < 1.29 is 9.32 Å². The van der Waals surface area contributed by atoms with Crippen molar-refractivity contribution in [2.45, 2.75) is 28.7 Å². The summed E-state index contributed by atoms with van der Waals surface area (Å²) in [5, 5.41) is 11.4. The van der Waals surface area contributed by atoms with Gasteiger partial charge in [-0.25, -0.2) is 4.21 Å². The molecule has 0 amide bonds. The fourth-order valence-electron chi connectivity index (χ4n) is 2.96. The predicted octanol–water partition coefficient (Wildman–Crippen LogP) is 5.54.